The summed E-state index contributed by atoms with van der Waals surface area (Å²) >= 11 is 0. The van der Waals surface area contributed by atoms with Gasteiger partial charge in [0.25, 0.3) is 0 Å². The molecule has 1 aromatic carbocycles. The van der Waals surface area contributed by atoms with Crippen LogP contribution in [0.1, 0.15) is 61.3 Å². The molecule has 0 bridgehead atoms. The maximum atomic E-state index is 12.1. The van der Waals surface area contributed by atoms with Crippen molar-refractivity contribution in [3.05, 3.63) is 34.9 Å². The molecule has 6 heteroatoms. The summed E-state index contributed by atoms with van der Waals surface area (Å²) in [7, 11) is 0. The van der Waals surface area contributed by atoms with E-state index in [1.54, 1.807) is 12.1 Å². The highest BCUT2D eigenvalue weighted by Crippen LogP contribution is 2.26. The van der Waals surface area contributed by atoms with E-state index in [-0.39, 0.29) is 12.5 Å². The van der Waals surface area contributed by atoms with E-state index in [9.17, 15) is 19.5 Å². The van der Waals surface area contributed by atoms with Gasteiger partial charge in [-0.1, -0.05) is 48.6 Å². The molecule has 1 aliphatic carbocycles. The van der Waals surface area contributed by atoms with Crippen LogP contribution in [0, 0.1) is 19.8 Å². The molecule has 1 atom stereocenters. The molecule has 0 saturated heterocycles. The lowest BCUT2D eigenvalue weighted by molar-refractivity contribution is -0.142. The van der Waals surface area contributed by atoms with Crippen LogP contribution < -0.4 is 10.6 Å². The minimum Gasteiger partial charge on any atom is -0.479 e. The van der Waals surface area contributed by atoms with Crippen LogP contribution in [0.5, 0.6) is 0 Å². The molecule has 0 spiro atoms. The Balaban J connectivity index is 1.87. The summed E-state index contributed by atoms with van der Waals surface area (Å²) in [5.74, 6) is -1.38. The monoisotopic (exact) mass is 360 g/mol. The molecular formula is C20H28N2O4. The van der Waals surface area contributed by atoms with Crippen molar-refractivity contribution in [2.45, 2.75) is 58.4 Å². The number of carbonyl (C=O) groups is 3. The van der Waals surface area contributed by atoms with Crippen molar-refractivity contribution in [2.24, 2.45) is 5.92 Å². The average Bonchev–Trinajstić information content (AvgIpc) is 2.57. The highest BCUT2D eigenvalue weighted by Gasteiger charge is 2.23. The molecule has 26 heavy (non-hydrogen) atoms. The third-order valence-corrected chi connectivity index (χ3v) is 4.77. The standard InChI is InChI=1S/C20H28N2O4/c1-13-8-14(2)10-16(9-13)19(20(25)26)22-18(24)12-21-17(23)11-15-6-4-3-5-7-15/h8-10,15,19H,3-7,11-12H2,1-2H3,(H,21,23)(H,22,24)(H,25,26). The molecular weight excluding hydrogens is 332 g/mol. The van der Waals surface area contributed by atoms with Gasteiger partial charge in [0.1, 0.15) is 0 Å². The van der Waals surface area contributed by atoms with Gasteiger partial charge < -0.3 is 15.7 Å². The molecule has 2 amide bonds. The van der Waals surface area contributed by atoms with Gasteiger partial charge in [0.2, 0.25) is 11.8 Å². The van der Waals surface area contributed by atoms with Crippen LogP contribution in [0.2, 0.25) is 0 Å². The van der Waals surface area contributed by atoms with E-state index in [0.29, 0.717) is 17.9 Å². The average molecular weight is 360 g/mol. The fourth-order valence-electron chi connectivity index (χ4n) is 3.58. The van der Waals surface area contributed by atoms with Crippen LogP contribution in [0.15, 0.2) is 18.2 Å². The van der Waals surface area contributed by atoms with Crippen molar-refractivity contribution < 1.29 is 19.5 Å². The summed E-state index contributed by atoms with van der Waals surface area (Å²) in [5, 5.41) is 14.5. The molecule has 0 aliphatic heterocycles. The predicted molar refractivity (Wildman–Crippen MR) is 98.6 cm³/mol. The number of aryl methyl sites for hydroxylation is 2. The number of carboxylic acid groups (broad SMARTS) is 1. The van der Waals surface area contributed by atoms with Crippen LogP contribution >= 0.6 is 0 Å². The third kappa shape index (κ3) is 6.17. The Morgan fingerprint density at radius 3 is 2.23 bits per heavy atom. The minimum absolute atomic E-state index is 0.148. The van der Waals surface area contributed by atoms with Crippen molar-refractivity contribution in [3.8, 4) is 0 Å². The number of hydrogen-bond donors (Lipinski definition) is 3. The molecule has 0 radical (unpaired) electrons. The number of hydrogen-bond acceptors (Lipinski definition) is 3. The van der Waals surface area contributed by atoms with Crippen molar-refractivity contribution in [1.29, 1.82) is 0 Å². The molecule has 1 aliphatic rings. The van der Waals surface area contributed by atoms with E-state index in [2.05, 4.69) is 10.6 Å². The van der Waals surface area contributed by atoms with Gasteiger partial charge in [-0.15, -0.1) is 0 Å². The van der Waals surface area contributed by atoms with Crippen LogP contribution in [0.3, 0.4) is 0 Å². The molecule has 142 valence electrons. The number of rotatable bonds is 7. The quantitative estimate of drug-likeness (QED) is 0.696. The van der Waals surface area contributed by atoms with Gasteiger partial charge in [0, 0.05) is 6.42 Å². The first-order chi connectivity index (χ1) is 12.3. The zero-order valence-electron chi connectivity index (χ0n) is 15.5. The first kappa shape index (κ1) is 19.9. The summed E-state index contributed by atoms with van der Waals surface area (Å²) in [6.45, 7) is 3.55. The van der Waals surface area contributed by atoms with E-state index >= 15 is 0 Å². The molecule has 1 aromatic rings. The SMILES string of the molecule is Cc1cc(C)cc(C(NC(=O)CNC(=O)CC2CCCCC2)C(=O)O)c1. The number of carboxylic acids is 1. The Morgan fingerprint density at radius 1 is 1.04 bits per heavy atom. The fourth-order valence-corrected chi connectivity index (χ4v) is 3.58. The smallest absolute Gasteiger partial charge is 0.330 e. The Kier molecular flexibility index (Phi) is 7.18. The molecule has 2 rings (SSSR count). The molecule has 0 heterocycles. The molecule has 3 N–H and O–H groups in total. The maximum absolute atomic E-state index is 12.1. The second-order valence-electron chi connectivity index (χ2n) is 7.24. The van der Waals surface area contributed by atoms with Gasteiger partial charge in [-0.05, 0) is 38.2 Å². The van der Waals surface area contributed by atoms with Crippen LogP contribution in [0.4, 0.5) is 0 Å². The minimum atomic E-state index is -1.13. The topological polar surface area (TPSA) is 95.5 Å². The highest BCUT2D eigenvalue weighted by molar-refractivity contribution is 5.88. The van der Waals surface area contributed by atoms with Gasteiger partial charge in [-0.2, -0.15) is 0 Å². The Hall–Kier alpha value is -2.37. The third-order valence-electron chi connectivity index (χ3n) is 4.77. The molecule has 1 saturated carbocycles. The zero-order chi connectivity index (χ0) is 19.1. The number of aliphatic carboxylic acids is 1. The van der Waals surface area contributed by atoms with Crippen molar-refractivity contribution in [2.75, 3.05) is 6.54 Å². The Bertz CT molecular complexity index is 646. The highest BCUT2D eigenvalue weighted by atomic mass is 16.4. The summed E-state index contributed by atoms with van der Waals surface area (Å²) in [4.78, 5) is 35.7. The number of carbonyl (C=O) groups excluding carboxylic acids is 2. The lowest BCUT2D eigenvalue weighted by Crippen LogP contribution is -2.41. The first-order valence-corrected chi connectivity index (χ1v) is 9.22. The summed E-state index contributed by atoms with van der Waals surface area (Å²) in [6.07, 6.45) is 6.12. The predicted octanol–water partition coefficient (Wildman–Crippen LogP) is 2.63. The van der Waals surface area contributed by atoms with Gasteiger partial charge >= 0.3 is 5.97 Å². The van der Waals surface area contributed by atoms with Gasteiger partial charge in [-0.25, -0.2) is 4.79 Å². The van der Waals surface area contributed by atoms with E-state index in [1.165, 1.54) is 6.42 Å². The van der Waals surface area contributed by atoms with Crippen molar-refractivity contribution in [3.63, 3.8) is 0 Å². The number of amides is 2. The van der Waals surface area contributed by atoms with Gasteiger partial charge in [-0.3, -0.25) is 9.59 Å². The van der Waals surface area contributed by atoms with E-state index in [1.807, 2.05) is 19.9 Å². The van der Waals surface area contributed by atoms with E-state index in [4.69, 9.17) is 0 Å². The lowest BCUT2D eigenvalue weighted by Gasteiger charge is -2.21. The van der Waals surface area contributed by atoms with Gasteiger partial charge in [0.15, 0.2) is 6.04 Å². The molecule has 0 aromatic heterocycles. The summed E-state index contributed by atoms with van der Waals surface area (Å²) in [6, 6.07) is 4.30. The Labute approximate surface area is 154 Å². The lowest BCUT2D eigenvalue weighted by atomic mass is 9.87. The summed E-state index contributed by atoms with van der Waals surface area (Å²) < 4.78 is 0. The van der Waals surface area contributed by atoms with Crippen molar-refractivity contribution in [1.82, 2.24) is 10.6 Å². The fraction of sp³-hybridized carbons (Fsp3) is 0.550. The van der Waals surface area contributed by atoms with Crippen LogP contribution in [-0.4, -0.2) is 29.4 Å². The van der Waals surface area contributed by atoms with E-state index in [0.717, 1.165) is 36.8 Å². The normalized spacial score (nSPS) is 15.9. The van der Waals surface area contributed by atoms with Crippen molar-refractivity contribution >= 4 is 17.8 Å². The molecule has 6 nitrogen and oxygen atoms in total. The number of benzene rings is 1. The van der Waals surface area contributed by atoms with Gasteiger partial charge in [0.05, 0.1) is 6.54 Å². The van der Waals surface area contributed by atoms with Crippen LogP contribution in [-0.2, 0) is 14.4 Å². The number of nitrogens with one attached hydrogen (secondary N) is 2. The second kappa shape index (κ2) is 9.36. The zero-order valence-corrected chi connectivity index (χ0v) is 15.5. The molecule has 1 unspecified atom stereocenters. The molecule has 1 fully saturated rings. The van der Waals surface area contributed by atoms with Crippen LogP contribution in [0.25, 0.3) is 0 Å². The Morgan fingerprint density at radius 2 is 1.65 bits per heavy atom. The summed E-state index contributed by atoms with van der Waals surface area (Å²) in [5.41, 5.74) is 2.39. The first-order valence-electron chi connectivity index (χ1n) is 9.22. The van der Waals surface area contributed by atoms with E-state index < -0.39 is 17.9 Å². The largest absolute Gasteiger partial charge is 0.479 e. The maximum Gasteiger partial charge on any atom is 0.330 e. The second-order valence-corrected chi connectivity index (χ2v) is 7.24.